The minimum atomic E-state index is 0.657. The van der Waals surface area contributed by atoms with Crippen LogP contribution in [0.25, 0.3) is 0 Å². The monoisotopic (exact) mass is 211 g/mol. The number of hydrogen-bond acceptors (Lipinski definition) is 5. The van der Waals surface area contributed by atoms with Crippen LogP contribution in [0.1, 0.15) is 5.82 Å². The quantitative estimate of drug-likeness (QED) is 0.515. The van der Waals surface area contributed by atoms with Crippen molar-refractivity contribution in [3.63, 3.8) is 0 Å². The van der Waals surface area contributed by atoms with Gasteiger partial charge in [-0.05, 0) is 5.21 Å². The summed E-state index contributed by atoms with van der Waals surface area (Å²) in [5.41, 5.74) is 0. The predicted molar refractivity (Wildman–Crippen MR) is 56.7 cm³/mol. The normalized spacial score (nSPS) is 10.0. The number of nitrogens with one attached hydrogen (secondary N) is 1. The van der Waals surface area contributed by atoms with E-state index in [1.165, 1.54) is 4.80 Å². The molecule has 0 spiro atoms. The molecular formula is C8H13N5S. The number of thioether (sulfide) groups is 1. The van der Waals surface area contributed by atoms with Crippen LogP contribution in [0.4, 0.5) is 0 Å². The SMILES string of the molecule is C#CCSCCNCc1nnn(C)n1. The molecular weight excluding hydrogens is 198 g/mol. The second kappa shape index (κ2) is 6.40. The molecule has 0 amide bonds. The molecule has 1 N–H and O–H groups in total. The molecule has 0 saturated carbocycles. The third-order valence-corrected chi connectivity index (χ3v) is 2.31. The summed E-state index contributed by atoms with van der Waals surface area (Å²) in [5.74, 6) is 5.07. The standard InChI is InChI=1S/C8H13N5S/c1-3-5-14-6-4-9-7-8-10-12-13(2)11-8/h1,9H,4-7H2,2H3. The van der Waals surface area contributed by atoms with E-state index in [4.69, 9.17) is 6.42 Å². The summed E-state index contributed by atoms with van der Waals surface area (Å²) >= 11 is 1.73. The van der Waals surface area contributed by atoms with E-state index in [1.807, 2.05) is 0 Å². The molecule has 0 bridgehead atoms. The maximum atomic E-state index is 5.11. The zero-order chi connectivity index (χ0) is 10.2. The van der Waals surface area contributed by atoms with Gasteiger partial charge >= 0.3 is 0 Å². The Bertz CT molecular complexity index is 303. The van der Waals surface area contributed by atoms with Crippen molar-refractivity contribution in [3.05, 3.63) is 5.82 Å². The van der Waals surface area contributed by atoms with Crippen LogP contribution >= 0.6 is 11.8 Å². The Hall–Kier alpha value is -1.06. The highest BCUT2D eigenvalue weighted by molar-refractivity contribution is 7.99. The molecule has 0 atom stereocenters. The minimum absolute atomic E-state index is 0.657. The fourth-order valence-electron chi connectivity index (χ4n) is 0.870. The predicted octanol–water partition coefficient (Wildman–Crippen LogP) is -0.334. The molecule has 0 fully saturated rings. The van der Waals surface area contributed by atoms with Gasteiger partial charge in [0.25, 0.3) is 0 Å². The van der Waals surface area contributed by atoms with Gasteiger partial charge in [-0.3, -0.25) is 0 Å². The maximum Gasteiger partial charge on any atom is 0.188 e. The molecule has 0 aliphatic heterocycles. The minimum Gasteiger partial charge on any atom is -0.309 e. The van der Waals surface area contributed by atoms with Crippen LogP contribution in [-0.4, -0.2) is 38.3 Å². The van der Waals surface area contributed by atoms with Crippen molar-refractivity contribution in [3.8, 4) is 12.3 Å². The Morgan fingerprint density at radius 2 is 2.50 bits per heavy atom. The topological polar surface area (TPSA) is 55.6 Å². The molecule has 1 heterocycles. The van der Waals surface area contributed by atoms with Gasteiger partial charge in [0.15, 0.2) is 5.82 Å². The lowest BCUT2D eigenvalue weighted by atomic mass is 10.6. The lowest BCUT2D eigenvalue weighted by Crippen LogP contribution is -2.17. The average molecular weight is 211 g/mol. The molecule has 1 aromatic heterocycles. The van der Waals surface area contributed by atoms with Crippen molar-refractivity contribution in [2.24, 2.45) is 7.05 Å². The molecule has 6 heteroatoms. The summed E-state index contributed by atoms with van der Waals surface area (Å²) in [4.78, 5) is 1.45. The number of nitrogens with zero attached hydrogens (tertiary/aromatic N) is 4. The molecule has 0 radical (unpaired) electrons. The van der Waals surface area contributed by atoms with E-state index in [1.54, 1.807) is 18.8 Å². The third kappa shape index (κ3) is 4.25. The second-order valence-electron chi connectivity index (χ2n) is 2.63. The van der Waals surface area contributed by atoms with Gasteiger partial charge in [0.1, 0.15) is 0 Å². The summed E-state index contributed by atoms with van der Waals surface area (Å²) in [5, 5.41) is 14.8. The summed E-state index contributed by atoms with van der Waals surface area (Å²) in [6.07, 6.45) is 5.11. The van der Waals surface area contributed by atoms with E-state index < -0.39 is 0 Å². The largest absolute Gasteiger partial charge is 0.309 e. The molecule has 0 saturated heterocycles. The molecule has 1 rings (SSSR count). The number of rotatable bonds is 6. The first kappa shape index (κ1) is 11.0. The first-order valence-electron chi connectivity index (χ1n) is 4.27. The Balaban J connectivity index is 2.02. The van der Waals surface area contributed by atoms with E-state index in [0.29, 0.717) is 6.54 Å². The second-order valence-corrected chi connectivity index (χ2v) is 3.73. The van der Waals surface area contributed by atoms with Crippen molar-refractivity contribution in [1.82, 2.24) is 25.5 Å². The van der Waals surface area contributed by atoms with Gasteiger partial charge in [-0.1, -0.05) is 5.92 Å². The van der Waals surface area contributed by atoms with E-state index >= 15 is 0 Å². The summed E-state index contributed by atoms with van der Waals surface area (Å²) in [6.45, 7) is 1.56. The molecule has 0 aliphatic rings. The zero-order valence-electron chi connectivity index (χ0n) is 8.10. The molecule has 14 heavy (non-hydrogen) atoms. The summed E-state index contributed by atoms with van der Waals surface area (Å²) in [7, 11) is 1.75. The van der Waals surface area contributed by atoms with Gasteiger partial charge in [0.2, 0.25) is 0 Å². The van der Waals surface area contributed by atoms with Crippen LogP contribution in [0.5, 0.6) is 0 Å². The van der Waals surface area contributed by atoms with E-state index in [9.17, 15) is 0 Å². The van der Waals surface area contributed by atoms with Gasteiger partial charge in [-0.2, -0.15) is 4.80 Å². The Labute approximate surface area is 87.6 Å². The Kier molecular flexibility index (Phi) is 5.04. The van der Waals surface area contributed by atoms with E-state index in [-0.39, 0.29) is 0 Å². The lowest BCUT2D eigenvalue weighted by molar-refractivity contribution is 0.623. The number of terminal acetylenes is 1. The summed E-state index contributed by atoms with van der Waals surface area (Å²) in [6, 6.07) is 0. The van der Waals surface area contributed by atoms with Crippen molar-refractivity contribution < 1.29 is 0 Å². The van der Waals surface area contributed by atoms with Gasteiger partial charge in [-0.25, -0.2) is 0 Å². The van der Waals surface area contributed by atoms with Crippen LogP contribution in [0.15, 0.2) is 0 Å². The molecule has 0 unspecified atom stereocenters. The maximum absolute atomic E-state index is 5.11. The van der Waals surface area contributed by atoms with Gasteiger partial charge in [-0.15, -0.1) is 28.4 Å². The van der Waals surface area contributed by atoms with Gasteiger partial charge in [0.05, 0.1) is 19.3 Å². The molecule has 5 nitrogen and oxygen atoms in total. The Morgan fingerprint density at radius 3 is 3.14 bits per heavy atom. The van der Waals surface area contributed by atoms with Crippen LogP contribution in [0.2, 0.25) is 0 Å². The number of tetrazole rings is 1. The van der Waals surface area contributed by atoms with Gasteiger partial charge in [0, 0.05) is 12.3 Å². The lowest BCUT2D eigenvalue weighted by Gasteiger charge is -1.99. The van der Waals surface area contributed by atoms with Gasteiger partial charge < -0.3 is 5.32 Å². The molecule has 1 aromatic rings. The number of hydrogen-bond donors (Lipinski definition) is 1. The highest BCUT2D eigenvalue weighted by atomic mass is 32.2. The third-order valence-electron chi connectivity index (χ3n) is 1.44. The average Bonchev–Trinajstić information content (AvgIpc) is 2.58. The van der Waals surface area contributed by atoms with Crippen LogP contribution in [-0.2, 0) is 13.6 Å². The molecule has 0 aliphatic carbocycles. The van der Waals surface area contributed by atoms with Crippen molar-refractivity contribution >= 4 is 11.8 Å². The van der Waals surface area contributed by atoms with Crippen molar-refractivity contribution in [1.29, 1.82) is 0 Å². The van der Waals surface area contributed by atoms with Crippen molar-refractivity contribution in [2.75, 3.05) is 18.1 Å². The number of aromatic nitrogens is 4. The fourth-order valence-corrected chi connectivity index (χ4v) is 1.42. The molecule has 0 aromatic carbocycles. The van der Waals surface area contributed by atoms with Crippen molar-refractivity contribution in [2.45, 2.75) is 6.54 Å². The van der Waals surface area contributed by atoms with Crippen LogP contribution in [0.3, 0.4) is 0 Å². The van der Waals surface area contributed by atoms with Crippen LogP contribution in [0, 0.1) is 12.3 Å². The summed E-state index contributed by atoms with van der Waals surface area (Å²) < 4.78 is 0. The smallest absolute Gasteiger partial charge is 0.188 e. The zero-order valence-corrected chi connectivity index (χ0v) is 8.92. The molecule has 76 valence electrons. The first-order valence-corrected chi connectivity index (χ1v) is 5.43. The van der Waals surface area contributed by atoms with Crippen LogP contribution < -0.4 is 5.32 Å². The van der Waals surface area contributed by atoms with E-state index in [0.717, 1.165) is 23.9 Å². The first-order chi connectivity index (χ1) is 6.83. The van der Waals surface area contributed by atoms with E-state index in [2.05, 4.69) is 26.6 Å². The number of aryl methyl sites for hydroxylation is 1. The Morgan fingerprint density at radius 1 is 1.64 bits per heavy atom. The highest BCUT2D eigenvalue weighted by Crippen LogP contribution is 1.95. The fraction of sp³-hybridized carbons (Fsp3) is 0.625. The highest BCUT2D eigenvalue weighted by Gasteiger charge is 1.97.